The molecule has 170 valence electrons. The van der Waals surface area contributed by atoms with Crippen molar-refractivity contribution in [3.63, 3.8) is 0 Å². The maximum Gasteiger partial charge on any atom is 0.314 e. The number of carbonyl (C=O) groups is 1. The normalized spacial score (nSPS) is 17.5. The van der Waals surface area contributed by atoms with Gasteiger partial charge in [-0.25, -0.2) is 4.98 Å². The van der Waals surface area contributed by atoms with E-state index in [1.807, 2.05) is 45.0 Å². The minimum atomic E-state index is -1.07. The molecular formula is C24H24IN5O3. The van der Waals surface area contributed by atoms with Gasteiger partial charge >= 0.3 is 5.69 Å². The van der Waals surface area contributed by atoms with Crippen molar-refractivity contribution in [2.75, 3.05) is 4.90 Å². The van der Waals surface area contributed by atoms with Crippen LogP contribution in [0.2, 0.25) is 0 Å². The summed E-state index contributed by atoms with van der Waals surface area (Å²) in [6.07, 6.45) is 2.33. The van der Waals surface area contributed by atoms with E-state index in [1.54, 1.807) is 13.0 Å². The van der Waals surface area contributed by atoms with Gasteiger partial charge in [-0.3, -0.25) is 24.8 Å². The third kappa shape index (κ3) is 4.53. The molecule has 2 heterocycles. The topological polar surface area (TPSA) is 112 Å². The van der Waals surface area contributed by atoms with Crippen molar-refractivity contribution in [2.24, 2.45) is 4.99 Å². The number of anilines is 1. The molecule has 1 aliphatic heterocycles. The zero-order valence-corrected chi connectivity index (χ0v) is 21.1. The molecule has 8 nitrogen and oxygen atoms in total. The number of hydrogen-bond acceptors (Lipinski definition) is 6. The SMILES string of the molecule is CCCC(=O)N(Cc1ccc(C2(C#N)N=C(C)C(C)=C2I)cc1)c1nccc(C)c1[N+](=O)[O-]. The van der Waals surface area contributed by atoms with Crippen molar-refractivity contribution in [2.45, 2.75) is 52.6 Å². The molecule has 0 fully saturated rings. The number of amides is 1. The van der Waals surface area contributed by atoms with Gasteiger partial charge in [-0.1, -0.05) is 31.2 Å². The fraction of sp³-hybridized carbons (Fsp3) is 0.333. The van der Waals surface area contributed by atoms with E-state index >= 15 is 0 Å². The number of pyridine rings is 1. The van der Waals surface area contributed by atoms with E-state index < -0.39 is 10.5 Å². The Balaban J connectivity index is 2.00. The van der Waals surface area contributed by atoms with Crippen LogP contribution in [-0.2, 0) is 16.9 Å². The minimum absolute atomic E-state index is 0.0418. The molecule has 0 N–H and O–H groups in total. The Morgan fingerprint density at radius 3 is 2.42 bits per heavy atom. The number of benzene rings is 1. The van der Waals surface area contributed by atoms with E-state index in [1.165, 1.54) is 11.1 Å². The highest BCUT2D eigenvalue weighted by Gasteiger charge is 2.40. The van der Waals surface area contributed by atoms with Crippen LogP contribution in [-0.4, -0.2) is 21.5 Å². The van der Waals surface area contributed by atoms with E-state index in [4.69, 9.17) is 0 Å². The van der Waals surface area contributed by atoms with Crippen molar-refractivity contribution in [1.82, 2.24) is 4.98 Å². The van der Waals surface area contributed by atoms with Gasteiger partial charge in [0.05, 0.1) is 11.5 Å². The summed E-state index contributed by atoms with van der Waals surface area (Å²) in [7, 11) is 0. The number of carbonyl (C=O) groups excluding carboxylic acids is 1. The second-order valence-corrected chi connectivity index (χ2v) is 9.02. The van der Waals surface area contributed by atoms with Gasteiger partial charge < -0.3 is 0 Å². The number of allylic oxidation sites excluding steroid dienone is 1. The summed E-state index contributed by atoms with van der Waals surface area (Å²) >= 11 is 2.18. The van der Waals surface area contributed by atoms with Crippen molar-refractivity contribution in [3.05, 3.63) is 72.5 Å². The first-order valence-corrected chi connectivity index (χ1v) is 11.6. The minimum Gasteiger partial charge on any atom is -0.287 e. The Hall–Kier alpha value is -3.13. The fourth-order valence-corrected chi connectivity index (χ4v) is 4.71. The molecule has 2 aromatic rings. The first-order valence-electron chi connectivity index (χ1n) is 10.5. The van der Waals surface area contributed by atoms with Gasteiger partial charge in [0.25, 0.3) is 0 Å². The zero-order chi connectivity index (χ0) is 24.3. The molecule has 1 aromatic carbocycles. The Bertz CT molecular complexity index is 1210. The number of aromatic nitrogens is 1. The number of nitro groups is 1. The number of hydrogen-bond donors (Lipinski definition) is 0. The predicted octanol–water partition coefficient (Wildman–Crippen LogP) is 5.53. The van der Waals surface area contributed by atoms with E-state index in [9.17, 15) is 20.2 Å². The maximum atomic E-state index is 12.9. The van der Waals surface area contributed by atoms with Gasteiger partial charge in [-0.2, -0.15) is 5.26 Å². The van der Waals surface area contributed by atoms with Gasteiger partial charge in [0, 0.05) is 27.5 Å². The lowest BCUT2D eigenvalue weighted by atomic mass is 9.91. The van der Waals surface area contributed by atoms with Crippen molar-refractivity contribution in [1.29, 1.82) is 5.26 Å². The quantitative estimate of drug-likeness (QED) is 0.252. The van der Waals surface area contributed by atoms with Gasteiger partial charge in [0.15, 0.2) is 0 Å². The second-order valence-electron chi connectivity index (χ2n) is 7.94. The van der Waals surface area contributed by atoms with Crippen LogP contribution in [0, 0.1) is 28.4 Å². The second kappa shape index (κ2) is 9.79. The Labute approximate surface area is 206 Å². The van der Waals surface area contributed by atoms with Crippen molar-refractivity contribution in [3.8, 4) is 6.07 Å². The van der Waals surface area contributed by atoms with Crippen LogP contribution in [0.3, 0.4) is 0 Å². The third-order valence-electron chi connectivity index (χ3n) is 5.71. The molecule has 33 heavy (non-hydrogen) atoms. The first kappa shape index (κ1) is 24.5. The molecule has 0 bridgehead atoms. The number of nitriles is 1. The molecule has 1 unspecified atom stereocenters. The zero-order valence-electron chi connectivity index (χ0n) is 18.9. The molecule has 0 saturated carbocycles. The van der Waals surface area contributed by atoms with E-state index in [2.05, 4.69) is 38.6 Å². The predicted molar refractivity (Wildman–Crippen MR) is 135 cm³/mol. The fourth-order valence-electron chi connectivity index (χ4n) is 3.77. The molecular weight excluding hydrogens is 533 g/mol. The lowest BCUT2D eigenvalue weighted by Crippen LogP contribution is -2.31. The molecule has 1 atom stereocenters. The number of halogens is 1. The van der Waals surface area contributed by atoms with E-state index in [0.29, 0.717) is 12.0 Å². The third-order valence-corrected chi connectivity index (χ3v) is 7.30. The lowest BCUT2D eigenvalue weighted by molar-refractivity contribution is -0.384. The molecule has 1 amide bonds. The molecule has 0 saturated heterocycles. The highest BCUT2D eigenvalue weighted by Crippen LogP contribution is 2.44. The highest BCUT2D eigenvalue weighted by molar-refractivity contribution is 14.1. The monoisotopic (exact) mass is 557 g/mol. The van der Waals surface area contributed by atoms with E-state index in [0.717, 1.165) is 26.0 Å². The van der Waals surface area contributed by atoms with Gasteiger partial charge in [0.2, 0.25) is 17.3 Å². The highest BCUT2D eigenvalue weighted by atomic mass is 127. The van der Waals surface area contributed by atoms with E-state index in [-0.39, 0.29) is 30.4 Å². The molecule has 1 aromatic heterocycles. The largest absolute Gasteiger partial charge is 0.314 e. The molecule has 0 radical (unpaired) electrons. The summed E-state index contributed by atoms with van der Waals surface area (Å²) in [6, 6.07) is 11.2. The molecule has 9 heteroatoms. The number of nitrogens with zero attached hydrogens (tertiary/aromatic N) is 5. The lowest BCUT2D eigenvalue weighted by Gasteiger charge is -2.23. The molecule has 0 spiro atoms. The number of rotatable bonds is 7. The summed E-state index contributed by atoms with van der Waals surface area (Å²) < 4.78 is 0.868. The van der Waals surface area contributed by atoms with Crippen LogP contribution in [0.4, 0.5) is 11.5 Å². The molecule has 1 aliphatic rings. The van der Waals surface area contributed by atoms with Gasteiger partial charge in [-0.15, -0.1) is 0 Å². The smallest absolute Gasteiger partial charge is 0.287 e. The number of aryl methyl sites for hydroxylation is 1. The van der Waals surface area contributed by atoms with Crippen LogP contribution in [0.5, 0.6) is 0 Å². The Morgan fingerprint density at radius 1 is 1.24 bits per heavy atom. The van der Waals surface area contributed by atoms with Crippen molar-refractivity contribution >= 4 is 45.7 Å². The maximum absolute atomic E-state index is 12.9. The summed E-state index contributed by atoms with van der Waals surface area (Å²) in [5.74, 6) is -0.194. The summed E-state index contributed by atoms with van der Waals surface area (Å²) in [6.45, 7) is 7.48. The summed E-state index contributed by atoms with van der Waals surface area (Å²) in [5, 5.41) is 21.7. The van der Waals surface area contributed by atoms with Gasteiger partial charge in [-0.05, 0) is 72.5 Å². The molecule has 3 rings (SSSR count). The van der Waals surface area contributed by atoms with Crippen LogP contribution >= 0.6 is 22.6 Å². The van der Waals surface area contributed by atoms with Crippen LogP contribution in [0.25, 0.3) is 0 Å². The molecule has 0 aliphatic carbocycles. The van der Waals surface area contributed by atoms with Crippen LogP contribution in [0.15, 0.2) is 50.7 Å². The van der Waals surface area contributed by atoms with Crippen LogP contribution < -0.4 is 4.90 Å². The van der Waals surface area contributed by atoms with Crippen LogP contribution in [0.1, 0.15) is 50.3 Å². The first-order chi connectivity index (χ1) is 15.7. The average molecular weight is 557 g/mol. The van der Waals surface area contributed by atoms with Crippen molar-refractivity contribution < 1.29 is 9.72 Å². The summed E-state index contributed by atoms with van der Waals surface area (Å²) in [5.41, 5.74) is 2.53. The summed E-state index contributed by atoms with van der Waals surface area (Å²) in [4.78, 5) is 34.3. The standard InChI is InChI=1S/C24H24IN5O3/c1-5-6-20(31)29(23-21(30(32)33)15(2)11-12-27-23)13-18-7-9-19(10-8-18)24(14-26)22(25)16(3)17(4)28-24/h7-12H,5-6,13H2,1-4H3. The average Bonchev–Trinajstić information content (AvgIpc) is 3.02. The number of aliphatic imine (C=N–C) groups is 1. The Kier molecular flexibility index (Phi) is 7.27. The Morgan fingerprint density at radius 2 is 1.91 bits per heavy atom. The van der Waals surface area contributed by atoms with Gasteiger partial charge in [0.1, 0.15) is 6.07 Å².